The highest BCUT2D eigenvalue weighted by molar-refractivity contribution is 7.88. The fourth-order valence-corrected chi connectivity index (χ4v) is 2.60. The van der Waals surface area contributed by atoms with Gasteiger partial charge in [0.25, 0.3) is 0 Å². The van der Waals surface area contributed by atoms with Crippen LogP contribution in [0, 0.1) is 5.92 Å². The topological polar surface area (TPSA) is 46.6 Å². The molecule has 4 nitrogen and oxygen atoms in total. The summed E-state index contributed by atoms with van der Waals surface area (Å²) in [5, 5.41) is 0. The third-order valence-corrected chi connectivity index (χ3v) is 3.81. The summed E-state index contributed by atoms with van der Waals surface area (Å²) >= 11 is 3.68. The average molecular weight is 225 g/mol. The number of thiol groups is 1. The summed E-state index contributed by atoms with van der Waals surface area (Å²) in [5.74, 6) is 0.454. The number of hydrogen-bond acceptors (Lipinski definition) is 4. The van der Waals surface area contributed by atoms with Crippen molar-refractivity contribution in [2.75, 3.05) is 26.0 Å². The summed E-state index contributed by atoms with van der Waals surface area (Å²) in [6.45, 7) is 1.84. The van der Waals surface area contributed by atoms with Crippen LogP contribution in [-0.2, 0) is 14.2 Å². The fraction of sp³-hybridized carbons (Fsp3) is 1.00. The van der Waals surface area contributed by atoms with E-state index in [0.717, 1.165) is 12.8 Å². The lowest BCUT2D eigenvalue weighted by Crippen LogP contribution is -2.38. The Labute approximate surface area is 84.9 Å². The van der Waals surface area contributed by atoms with E-state index in [0.29, 0.717) is 25.6 Å². The Hall–Kier alpha value is 0.220. The minimum Gasteiger partial charge on any atom is -0.318 e. The molecule has 0 aliphatic carbocycles. The van der Waals surface area contributed by atoms with Gasteiger partial charge in [-0.05, 0) is 31.7 Å². The van der Waals surface area contributed by atoms with Crippen LogP contribution in [0.5, 0.6) is 0 Å². The Balaban J connectivity index is 2.39. The summed E-state index contributed by atoms with van der Waals surface area (Å²) in [4.78, 5) is 0. The lowest BCUT2D eigenvalue weighted by atomic mass is 10.00. The van der Waals surface area contributed by atoms with Crippen LogP contribution in [0.15, 0.2) is 0 Å². The molecule has 0 aromatic heterocycles. The van der Waals surface area contributed by atoms with E-state index in [-0.39, 0.29) is 0 Å². The van der Waals surface area contributed by atoms with Gasteiger partial charge >= 0.3 is 0 Å². The summed E-state index contributed by atoms with van der Waals surface area (Å²) in [6.07, 6.45) is 2.99. The number of hydrogen-bond donors (Lipinski definition) is 1. The van der Waals surface area contributed by atoms with Gasteiger partial charge in [-0.15, -0.1) is 0 Å². The van der Waals surface area contributed by atoms with E-state index in [1.54, 1.807) is 0 Å². The second kappa shape index (κ2) is 4.63. The van der Waals surface area contributed by atoms with Crippen molar-refractivity contribution in [2.24, 2.45) is 5.92 Å². The molecule has 0 radical (unpaired) electrons. The quantitative estimate of drug-likeness (QED) is 0.562. The molecule has 0 bridgehead atoms. The predicted molar refractivity (Wildman–Crippen MR) is 54.1 cm³/mol. The third kappa shape index (κ3) is 3.46. The molecule has 1 aliphatic rings. The first-order valence-electron chi connectivity index (χ1n) is 4.25. The number of nitrogens with zero attached hydrogens (tertiary/aromatic N) is 1. The smallest absolute Gasteiger partial charge is 0.211 e. The Kier molecular flexibility index (Phi) is 4.03. The zero-order valence-electron chi connectivity index (χ0n) is 7.64. The van der Waals surface area contributed by atoms with E-state index >= 15 is 0 Å². The molecule has 0 aromatic carbocycles. The van der Waals surface area contributed by atoms with Gasteiger partial charge in [0.2, 0.25) is 10.0 Å². The van der Waals surface area contributed by atoms with Crippen molar-refractivity contribution in [3.05, 3.63) is 0 Å². The van der Waals surface area contributed by atoms with E-state index in [1.165, 1.54) is 10.6 Å². The van der Waals surface area contributed by atoms with E-state index in [1.807, 2.05) is 0 Å². The van der Waals surface area contributed by atoms with Gasteiger partial charge in [-0.3, -0.25) is 0 Å². The normalized spacial score (nSPS) is 22.0. The predicted octanol–water partition coefficient (Wildman–Crippen LogP) is 0.519. The van der Waals surface area contributed by atoms with Gasteiger partial charge in [0.1, 0.15) is 0 Å². The number of sulfonamides is 1. The van der Waals surface area contributed by atoms with Crippen molar-refractivity contribution >= 4 is 22.9 Å². The summed E-state index contributed by atoms with van der Waals surface area (Å²) < 4.78 is 28.5. The second-order valence-electron chi connectivity index (χ2n) is 3.40. The molecule has 0 spiro atoms. The molecular weight excluding hydrogens is 210 g/mol. The minimum atomic E-state index is -2.99. The van der Waals surface area contributed by atoms with Gasteiger partial charge in [0.15, 0.2) is 0 Å². The first-order chi connectivity index (χ1) is 6.04. The number of piperidine rings is 1. The van der Waals surface area contributed by atoms with Crippen LogP contribution in [0.2, 0.25) is 0 Å². The van der Waals surface area contributed by atoms with E-state index in [4.69, 9.17) is 4.18 Å². The van der Waals surface area contributed by atoms with Crippen LogP contribution in [0.4, 0.5) is 0 Å². The molecular formula is C7H15NO3S2. The maximum absolute atomic E-state index is 11.1. The van der Waals surface area contributed by atoms with Crippen molar-refractivity contribution in [2.45, 2.75) is 12.8 Å². The van der Waals surface area contributed by atoms with Crippen LogP contribution in [-0.4, -0.2) is 38.7 Å². The maximum atomic E-state index is 11.1. The first-order valence-corrected chi connectivity index (χ1v) is 6.47. The highest BCUT2D eigenvalue weighted by atomic mass is 32.2. The highest BCUT2D eigenvalue weighted by Crippen LogP contribution is 2.19. The minimum absolute atomic E-state index is 0.454. The first kappa shape index (κ1) is 11.3. The molecule has 1 fully saturated rings. The summed E-state index contributed by atoms with van der Waals surface area (Å²) in [5.41, 5.74) is 0. The summed E-state index contributed by atoms with van der Waals surface area (Å²) in [7, 11) is -2.99. The molecule has 1 saturated heterocycles. The molecule has 1 rings (SSSR count). The van der Waals surface area contributed by atoms with Crippen molar-refractivity contribution in [3.63, 3.8) is 0 Å². The molecule has 0 aromatic rings. The van der Waals surface area contributed by atoms with E-state index in [9.17, 15) is 8.42 Å². The van der Waals surface area contributed by atoms with Gasteiger partial charge in [0.05, 0.1) is 12.9 Å². The SMILES string of the molecule is CS(=O)(=O)N1CCC(COS)CC1. The van der Waals surface area contributed by atoms with Crippen LogP contribution < -0.4 is 0 Å². The number of rotatable bonds is 3. The second-order valence-corrected chi connectivity index (χ2v) is 5.64. The molecule has 1 aliphatic heterocycles. The zero-order valence-corrected chi connectivity index (χ0v) is 9.35. The van der Waals surface area contributed by atoms with Crippen LogP contribution in [0.3, 0.4) is 0 Å². The van der Waals surface area contributed by atoms with Crippen molar-refractivity contribution in [3.8, 4) is 0 Å². The van der Waals surface area contributed by atoms with Gasteiger partial charge in [-0.1, -0.05) is 0 Å². The maximum Gasteiger partial charge on any atom is 0.211 e. The third-order valence-electron chi connectivity index (χ3n) is 2.35. The Bertz CT molecular complexity index is 244. The van der Waals surface area contributed by atoms with Crippen molar-refractivity contribution in [1.82, 2.24) is 4.31 Å². The Morgan fingerprint density at radius 3 is 2.38 bits per heavy atom. The van der Waals surface area contributed by atoms with Gasteiger partial charge in [-0.2, -0.15) is 0 Å². The van der Waals surface area contributed by atoms with Crippen LogP contribution in [0.25, 0.3) is 0 Å². The molecule has 0 N–H and O–H groups in total. The van der Waals surface area contributed by atoms with E-state index < -0.39 is 10.0 Å². The highest BCUT2D eigenvalue weighted by Gasteiger charge is 2.24. The fourth-order valence-electron chi connectivity index (χ4n) is 1.51. The lowest BCUT2D eigenvalue weighted by Gasteiger charge is -2.29. The standard InChI is InChI=1S/C7H15NO3S2/c1-13(9,10)8-4-2-7(3-5-8)6-11-12/h7,12H,2-6H2,1H3. The largest absolute Gasteiger partial charge is 0.318 e. The van der Waals surface area contributed by atoms with Crippen molar-refractivity contribution in [1.29, 1.82) is 0 Å². The molecule has 0 unspecified atom stereocenters. The van der Waals surface area contributed by atoms with Crippen LogP contribution in [0.1, 0.15) is 12.8 Å². The van der Waals surface area contributed by atoms with Crippen LogP contribution >= 0.6 is 12.9 Å². The molecule has 13 heavy (non-hydrogen) atoms. The monoisotopic (exact) mass is 225 g/mol. The Morgan fingerprint density at radius 1 is 1.46 bits per heavy atom. The molecule has 6 heteroatoms. The zero-order chi connectivity index (χ0) is 9.90. The summed E-state index contributed by atoms with van der Waals surface area (Å²) in [6, 6.07) is 0. The average Bonchev–Trinajstić information content (AvgIpc) is 2.04. The molecule has 0 amide bonds. The molecule has 78 valence electrons. The molecule has 0 saturated carbocycles. The Morgan fingerprint density at radius 2 is 2.00 bits per heavy atom. The lowest BCUT2D eigenvalue weighted by molar-refractivity contribution is 0.206. The molecule has 0 atom stereocenters. The molecule has 1 heterocycles. The van der Waals surface area contributed by atoms with Gasteiger partial charge in [0, 0.05) is 13.1 Å². The van der Waals surface area contributed by atoms with Gasteiger partial charge < -0.3 is 4.18 Å². The van der Waals surface area contributed by atoms with E-state index in [2.05, 4.69) is 12.9 Å². The van der Waals surface area contributed by atoms with Gasteiger partial charge in [-0.25, -0.2) is 12.7 Å². The van der Waals surface area contributed by atoms with Crippen molar-refractivity contribution < 1.29 is 12.6 Å².